The molecule has 2 aromatic rings. The minimum absolute atomic E-state index is 0.0233. The molecule has 0 N–H and O–H groups in total. The van der Waals surface area contributed by atoms with Crippen LogP contribution in [0.25, 0.3) is 0 Å². The van der Waals surface area contributed by atoms with Gasteiger partial charge in [0, 0.05) is 6.08 Å². The monoisotopic (exact) mass is 310 g/mol. The molecule has 0 aliphatic carbocycles. The zero-order valence-corrected chi connectivity index (χ0v) is 12.9. The van der Waals surface area contributed by atoms with E-state index in [-0.39, 0.29) is 6.04 Å². The molecule has 118 valence electrons. The second-order valence-corrected chi connectivity index (χ2v) is 5.57. The lowest BCUT2D eigenvalue weighted by Crippen LogP contribution is -2.51. The first-order chi connectivity index (χ1) is 11.2. The largest absolute Gasteiger partial charge is 0.444 e. The van der Waals surface area contributed by atoms with E-state index in [1.54, 1.807) is 12.4 Å². The van der Waals surface area contributed by atoms with Crippen molar-refractivity contribution in [2.24, 2.45) is 0 Å². The average molecular weight is 310 g/mol. The average Bonchev–Trinajstić information content (AvgIpc) is 3.02. The summed E-state index contributed by atoms with van der Waals surface area (Å²) < 4.78 is 12.6. The van der Waals surface area contributed by atoms with Crippen LogP contribution in [0.3, 0.4) is 0 Å². The van der Waals surface area contributed by atoms with Crippen LogP contribution in [-0.4, -0.2) is 34.3 Å². The second kappa shape index (κ2) is 6.24. The normalized spacial score (nSPS) is 16.7. The van der Waals surface area contributed by atoms with Crippen molar-refractivity contribution in [1.29, 1.82) is 0 Å². The standard InChI is InChI=1S/C18H18N2O3/c1-3-9-18(11-22-12-18)23-17(21)16-10-19-13-20(16)14(2)15-7-5-4-6-8-15/h4-10,13-14H,1,11-12H2,2H3/t14-/m1/s1. The van der Waals surface area contributed by atoms with Crippen molar-refractivity contribution in [3.8, 4) is 0 Å². The van der Waals surface area contributed by atoms with Gasteiger partial charge in [-0.1, -0.05) is 36.9 Å². The number of benzene rings is 1. The molecule has 1 aliphatic heterocycles. The number of nitrogens with zero attached hydrogens (tertiary/aromatic N) is 2. The van der Waals surface area contributed by atoms with Crippen molar-refractivity contribution in [3.63, 3.8) is 0 Å². The van der Waals surface area contributed by atoms with Gasteiger partial charge in [-0.25, -0.2) is 9.78 Å². The first-order valence-corrected chi connectivity index (χ1v) is 7.40. The number of rotatable bonds is 5. The quantitative estimate of drug-likeness (QED) is 0.629. The predicted octanol–water partition coefficient (Wildman–Crippen LogP) is 2.76. The van der Waals surface area contributed by atoms with Gasteiger partial charge in [0.15, 0.2) is 5.60 Å². The summed E-state index contributed by atoms with van der Waals surface area (Å²) in [5.74, 6) is -0.430. The highest BCUT2D eigenvalue weighted by Gasteiger charge is 2.41. The lowest BCUT2D eigenvalue weighted by molar-refractivity contribution is -0.152. The lowest BCUT2D eigenvalue weighted by Gasteiger charge is -2.37. The molecule has 0 spiro atoms. The van der Waals surface area contributed by atoms with Crippen molar-refractivity contribution in [3.05, 3.63) is 72.5 Å². The van der Waals surface area contributed by atoms with Gasteiger partial charge in [-0.3, -0.25) is 0 Å². The van der Waals surface area contributed by atoms with E-state index in [0.717, 1.165) is 5.56 Å². The van der Waals surface area contributed by atoms with E-state index < -0.39 is 11.6 Å². The number of imidazole rings is 1. The van der Waals surface area contributed by atoms with E-state index in [1.165, 1.54) is 6.20 Å². The number of aromatic nitrogens is 2. The number of hydrogen-bond donors (Lipinski definition) is 0. The summed E-state index contributed by atoms with van der Waals surface area (Å²) >= 11 is 0. The summed E-state index contributed by atoms with van der Waals surface area (Å²) in [7, 11) is 0. The highest BCUT2D eigenvalue weighted by Crippen LogP contribution is 2.26. The lowest BCUT2D eigenvalue weighted by atomic mass is 10.0. The van der Waals surface area contributed by atoms with Crippen LogP contribution in [-0.2, 0) is 9.47 Å². The molecular formula is C18H18N2O3. The van der Waals surface area contributed by atoms with Gasteiger partial charge < -0.3 is 14.0 Å². The Morgan fingerprint density at radius 2 is 2.22 bits per heavy atom. The molecule has 1 aromatic heterocycles. The molecule has 23 heavy (non-hydrogen) atoms. The first kappa shape index (κ1) is 15.3. The third kappa shape index (κ3) is 2.97. The summed E-state index contributed by atoms with van der Waals surface area (Å²) in [4.78, 5) is 16.6. The topological polar surface area (TPSA) is 53.3 Å². The molecule has 0 unspecified atom stereocenters. The SMILES string of the molecule is C=C=CC1(OC(=O)c2cncn2[C@H](C)c2ccccc2)COC1. The molecule has 1 aliphatic rings. The van der Waals surface area contributed by atoms with Gasteiger partial charge in [0.2, 0.25) is 0 Å². The zero-order valence-electron chi connectivity index (χ0n) is 12.9. The first-order valence-electron chi connectivity index (χ1n) is 7.40. The maximum absolute atomic E-state index is 12.5. The Hall–Kier alpha value is -2.62. The highest BCUT2D eigenvalue weighted by molar-refractivity contribution is 5.88. The van der Waals surface area contributed by atoms with Gasteiger partial charge in [0.1, 0.15) is 5.69 Å². The van der Waals surface area contributed by atoms with Crippen LogP contribution >= 0.6 is 0 Å². The summed E-state index contributed by atoms with van der Waals surface area (Å²) in [6.07, 6.45) is 4.80. The van der Waals surface area contributed by atoms with Crippen LogP contribution in [0.2, 0.25) is 0 Å². The summed E-state index contributed by atoms with van der Waals surface area (Å²) in [6.45, 7) is 6.20. The third-order valence-electron chi connectivity index (χ3n) is 3.93. The molecule has 0 radical (unpaired) electrons. The Morgan fingerprint density at radius 1 is 1.48 bits per heavy atom. The maximum Gasteiger partial charge on any atom is 0.357 e. The van der Waals surface area contributed by atoms with Gasteiger partial charge in [-0.2, -0.15) is 0 Å². The van der Waals surface area contributed by atoms with Crippen LogP contribution < -0.4 is 0 Å². The predicted molar refractivity (Wildman–Crippen MR) is 85.2 cm³/mol. The van der Waals surface area contributed by atoms with Crippen LogP contribution in [0.5, 0.6) is 0 Å². The van der Waals surface area contributed by atoms with Gasteiger partial charge in [-0.15, -0.1) is 5.73 Å². The molecular weight excluding hydrogens is 292 g/mol. The minimum Gasteiger partial charge on any atom is -0.444 e. The maximum atomic E-state index is 12.5. The molecule has 2 heterocycles. The summed E-state index contributed by atoms with van der Waals surface area (Å²) in [5.41, 5.74) is 3.41. The second-order valence-electron chi connectivity index (χ2n) is 5.57. The minimum atomic E-state index is -0.760. The Bertz CT molecular complexity index is 741. The van der Waals surface area contributed by atoms with Crippen molar-refractivity contribution in [2.45, 2.75) is 18.6 Å². The van der Waals surface area contributed by atoms with Crippen molar-refractivity contribution in [2.75, 3.05) is 13.2 Å². The molecule has 0 amide bonds. The van der Waals surface area contributed by atoms with Gasteiger partial charge in [-0.05, 0) is 12.5 Å². The molecule has 3 rings (SSSR count). The fraction of sp³-hybridized carbons (Fsp3) is 0.278. The van der Waals surface area contributed by atoms with Crippen molar-refractivity contribution in [1.82, 2.24) is 9.55 Å². The Kier molecular flexibility index (Phi) is 4.15. The number of hydrogen-bond acceptors (Lipinski definition) is 4. The molecule has 0 bridgehead atoms. The number of esters is 1. The fourth-order valence-corrected chi connectivity index (χ4v) is 2.56. The zero-order chi connectivity index (χ0) is 16.3. The van der Waals surface area contributed by atoms with E-state index in [0.29, 0.717) is 18.9 Å². The molecule has 1 fully saturated rings. The Morgan fingerprint density at radius 3 is 2.83 bits per heavy atom. The number of carbonyl (C=O) groups excluding carboxylic acids is 1. The molecule has 1 saturated heterocycles. The molecule has 0 saturated carbocycles. The van der Waals surface area contributed by atoms with Crippen LogP contribution in [0.1, 0.15) is 29.0 Å². The third-order valence-corrected chi connectivity index (χ3v) is 3.93. The molecule has 5 nitrogen and oxygen atoms in total. The van der Waals surface area contributed by atoms with Crippen LogP contribution in [0.4, 0.5) is 0 Å². The van der Waals surface area contributed by atoms with E-state index in [2.05, 4.69) is 17.3 Å². The summed E-state index contributed by atoms with van der Waals surface area (Å²) in [6, 6.07) is 9.90. The van der Waals surface area contributed by atoms with Crippen molar-refractivity contribution >= 4 is 5.97 Å². The highest BCUT2D eigenvalue weighted by atomic mass is 16.6. The smallest absolute Gasteiger partial charge is 0.357 e. The fourth-order valence-electron chi connectivity index (χ4n) is 2.56. The van der Waals surface area contributed by atoms with Crippen LogP contribution in [0.15, 0.2) is 61.2 Å². The Labute approximate surface area is 134 Å². The van der Waals surface area contributed by atoms with Crippen LogP contribution in [0, 0.1) is 0 Å². The molecule has 5 heteroatoms. The molecule has 1 aromatic carbocycles. The van der Waals surface area contributed by atoms with E-state index >= 15 is 0 Å². The van der Waals surface area contributed by atoms with E-state index in [9.17, 15) is 4.79 Å². The Balaban J connectivity index is 1.83. The number of ether oxygens (including phenoxy) is 2. The van der Waals surface area contributed by atoms with Gasteiger partial charge in [0.05, 0.1) is 31.8 Å². The summed E-state index contributed by atoms with van der Waals surface area (Å²) in [5, 5.41) is 0. The van der Waals surface area contributed by atoms with E-state index in [1.807, 2.05) is 41.8 Å². The molecule has 1 atom stereocenters. The van der Waals surface area contributed by atoms with E-state index in [4.69, 9.17) is 9.47 Å². The van der Waals surface area contributed by atoms with Gasteiger partial charge >= 0.3 is 5.97 Å². The van der Waals surface area contributed by atoms with Gasteiger partial charge in [0.25, 0.3) is 0 Å². The number of carbonyl (C=O) groups is 1. The van der Waals surface area contributed by atoms with Crippen molar-refractivity contribution < 1.29 is 14.3 Å².